The van der Waals surface area contributed by atoms with Gasteiger partial charge in [-0.25, -0.2) is 0 Å². The van der Waals surface area contributed by atoms with Gasteiger partial charge in [0.05, 0.1) is 6.04 Å². The van der Waals surface area contributed by atoms with Crippen LogP contribution in [0.1, 0.15) is 38.7 Å². The summed E-state index contributed by atoms with van der Waals surface area (Å²) in [5.41, 5.74) is 11.9. The minimum absolute atomic E-state index is 0.202. The highest BCUT2D eigenvalue weighted by Crippen LogP contribution is 2.07. The molecule has 0 fully saturated rings. The molecular formula is C21H33N5O5. The summed E-state index contributed by atoms with van der Waals surface area (Å²) in [6.45, 7) is 3.26. The maximum absolute atomic E-state index is 13.0. The topological polar surface area (TPSA) is 177 Å². The van der Waals surface area contributed by atoms with Gasteiger partial charge < -0.3 is 32.5 Å². The van der Waals surface area contributed by atoms with E-state index in [1.54, 1.807) is 0 Å². The molecule has 1 aromatic rings. The molecule has 31 heavy (non-hydrogen) atoms. The van der Waals surface area contributed by atoms with Gasteiger partial charge in [-0.1, -0.05) is 30.3 Å². The fraction of sp³-hybridized carbons (Fsp3) is 0.524. The minimum atomic E-state index is -1.19. The number of hydrogen-bond acceptors (Lipinski definition) is 6. The first kappa shape index (κ1) is 26.1. The second-order valence-corrected chi connectivity index (χ2v) is 7.45. The van der Waals surface area contributed by atoms with E-state index in [0.29, 0.717) is 19.4 Å². The molecule has 8 N–H and O–H groups in total. The molecule has 10 heteroatoms. The van der Waals surface area contributed by atoms with Crippen molar-refractivity contribution < 1.29 is 24.3 Å². The molecule has 0 aliphatic heterocycles. The molecule has 1 rings (SSSR count). The van der Waals surface area contributed by atoms with Gasteiger partial charge in [-0.15, -0.1) is 0 Å². The standard InChI is InChI=1S/C21H33N5O5/c1-13(23)18(27)26-17(12-15-8-4-3-5-9-15)20(29)25-16(10-6-7-11-22)19(28)24-14(2)21(30)31/h3-5,8-9,13-14,16-17H,6-7,10-12,22-23H2,1-2H3,(H,24,28)(H,25,29)(H,26,27)(H,30,31). The molecule has 0 aliphatic carbocycles. The predicted molar refractivity (Wildman–Crippen MR) is 116 cm³/mol. The average Bonchev–Trinajstić information content (AvgIpc) is 2.72. The molecule has 0 aromatic heterocycles. The van der Waals surface area contributed by atoms with Crippen LogP contribution in [0.4, 0.5) is 0 Å². The number of carbonyl (C=O) groups excluding carboxylic acids is 3. The molecule has 0 saturated heterocycles. The number of nitrogens with two attached hydrogens (primary N) is 2. The Kier molecular flexibility index (Phi) is 11.2. The summed E-state index contributed by atoms with van der Waals surface area (Å²) in [5.74, 6) is -2.86. The molecule has 4 atom stereocenters. The number of carboxylic acids is 1. The maximum Gasteiger partial charge on any atom is 0.325 e. The van der Waals surface area contributed by atoms with E-state index < -0.39 is 47.9 Å². The maximum atomic E-state index is 13.0. The fourth-order valence-electron chi connectivity index (χ4n) is 2.77. The fourth-order valence-corrected chi connectivity index (χ4v) is 2.77. The average molecular weight is 436 g/mol. The van der Waals surface area contributed by atoms with E-state index in [0.717, 1.165) is 5.56 Å². The Morgan fingerprint density at radius 2 is 1.48 bits per heavy atom. The number of rotatable bonds is 13. The van der Waals surface area contributed by atoms with Gasteiger partial charge in [-0.05, 0) is 45.2 Å². The smallest absolute Gasteiger partial charge is 0.325 e. The van der Waals surface area contributed by atoms with Crippen LogP contribution in [-0.2, 0) is 25.6 Å². The summed E-state index contributed by atoms with van der Waals surface area (Å²) >= 11 is 0. The van der Waals surface area contributed by atoms with Crippen LogP contribution in [0, 0.1) is 0 Å². The van der Waals surface area contributed by atoms with E-state index in [4.69, 9.17) is 16.6 Å². The lowest BCUT2D eigenvalue weighted by atomic mass is 10.0. The van der Waals surface area contributed by atoms with Crippen molar-refractivity contribution in [2.24, 2.45) is 11.5 Å². The quantitative estimate of drug-likeness (QED) is 0.221. The Balaban J connectivity index is 2.98. The summed E-state index contributed by atoms with van der Waals surface area (Å²) in [5, 5.41) is 16.7. The summed E-state index contributed by atoms with van der Waals surface area (Å²) < 4.78 is 0. The molecule has 3 amide bonds. The van der Waals surface area contributed by atoms with Gasteiger partial charge in [0.25, 0.3) is 0 Å². The van der Waals surface area contributed by atoms with E-state index in [9.17, 15) is 19.2 Å². The van der Waals surface area contributed by atoms with Crippen LogP contribution in [-0.4, -0.2) is 59.5 Å². The monoisotopic (exact) mass is 435 g/mol. The molecule has 0 aliphatic rings. The highest BCUT2D eigenvalue weighted by molar-refractivity contribution is 5.94. The summed E-state index contributed by atoms with van der Waals surface area (Å²) in [4.78, 5) is 48.7. The molecule has 0 radical (unpaired) electrons. The van der Waals surface area contributed by atoms with Gasteiger partial charge in [0.2, 0.25) is 17.7 Å². The van der Waals surface area contributed by atoms with Gasteiger partial charge in [0.15, 0.2) is 0 Å². The predicted octanol–water partition coefficient (Wildman–Crippen LogP) is -0.736. The SMILES string of the molecule is CC(N)C(=O)NC(Cc1ccccc1)C(=O)NC(CCCCN)C(=O)NC(C)C(=O)O. The Bertz CT molecular complexity index is 741. The Morgan fingerprint density at radius 3 is 2.03 bits per heavy atom. The number of benzene rings is 1. The summed E-state index contributed by atoms with van der Waals surface area (Å²) in [7, 11) is 0. The second kappa shape index (κ2) is 13.3. The first-order valence-electron chi connectivity index (χ1n) is 10.3. The Labute approximate surface area is 182 Å². The lowest BCUT2D eigenvalue weighted by molar-refractivity contribution is -0.141. The van der Waals surface area contributed by atoms with Crippen molar-refractivity contribution in [3.63, 3.8) is 0 Å². The molecule has 0 bridgehead atoms. The van der Waals surface area contributed by atoms with Gasteiger partial charge >= 0.3 is 5.97 Å². The lowest BCUT2D eigenvalue weighted by Crippen LogP contribution is -2.57. The van der Waals surface area contributed by atoms with Crippen molar-refractivity contribution in [2.75, 3.05) is 6.54 Å². The molecule has 4 unspecified atom stereocenters. The number of carboxylic acid groups (broad SMARTS) is 1. The zero-order valence-corrected chi connectivity index (χ0v) is 18.0. The van der Waals surface area contributed by atoms with Crippen LogP contribution in [0.2, 0.25) is 0 Å². The first-order valence-corrected chi connectivity index (χ1v) is 10.3. The third-order valence-electron chi connectivity index (χ3n) is 4.64. The summed E-state index contributed by atoms with van der Waals surface area (Å²) in [6, 6.07) is 5.25. The van der Waals surface area contributed by atoms with E-state index in [1.165, 1.54) is 13.8 Å². The molecule has 1 aromatic carbocycles. The van der Waals surface area contributed by atoms with Crippen molar-refractivity contribution in [3.05, 3.63) is 35.9 Å². The molecule has 10 nitrogen and oxygen atoms in total. The zero-order valence-electron chi connectivity index (χ0n) is 18.0. The van der Waals surface area contributed by atoms with E-state index >= 15 is 0 Å². The number of amides is 3. The van der Waals surface area contributed by atoms with E-state index in [1.807, 2.05) is 30.3 Å². The number of aliphatic carboxylic acids is 1. The molecule has 0 heterocycles. The Morgan fingerprint density at radius 1 is 0.903 bits per heavy atom. The molecule has 172 valence electrons. The molecule has 0 spiro atoms. The van der Waals surface area contributed by atoms with Crippen LogP contribution in [0.15, 0.2) is 30.3 Å². The van der Waals surface area contributed by atoms with Gasteiger partial charge in [0.1, 0.15) is 18.1 Å². The van der Waals surface area contributed by atoms with Crippen LogP contribution in [0.3, 0.4) is 0 Å². The highest BCUT2D eigenvalue weighted by Gasteiger charge is 2.28. The number of nitrogens with one attached hydrogen (secondary N) is 3. The zero-order chi connectivity index (χ0) is 23.4. The van der Waals surface area contributed by atoms with Crippen molar-refractivity contribution >= 4 is 23.7 Å². The van der Waals surface area contributed by atoms with Crippen LogP contribution >= 0.6 is 0 Å². The minimum Gasteiger partial charge on any atom is -0.480 e. The normalized spacial score (nSPS) is 14.6. The molecular weight excluding hydrogens is 402 g/mol. The largest absolute Gasteiger partial charge is 0.480 e. The van der Waals surface area contributed by atoms with Gasteiger partial charge in [-0.3, -0.25) is 19.2 Å². The van der Waals surface area contributed by atoms with Crippen molar-refractivity contribution in [1.82, 2.24) is 16.0 Å². The Hall–Kier alpha value is -2.98. The third kappa shape index (κ3) is 9.58. The lowest BCUT2D eigenvalue weighted by Gasteiger charge is -2.24. The van der Waals surface area contributed by atoms with Gasteiger partial charge in [-0.2, -0.15) is 0 Å². The summed E-state index contributed by atoms with van der Waals surface area (Å²) in [6.07, 6.45) is 1.68. The molecule has 0 saturated carbocycles. The number of carbonyl (C=O) groups is 4. The van der Waals surface area contributed by atoms with E-state index in [-0.39, 0.29) is 12.8 Å². The van der Waals surface area contributed by atoms with Crippen molar-refractivity contribution in [1.29, 1.82) is 0 Å². The third-order valence-corrected chi connectivity index (χ3v) is 4.64. The van der Waals surface area contributed by atoms with Crippen molar-refractivity contribution in [2.45, 2.75) is 63.7 Å². The number of hydrogen-bond donors (Lipinski definition) is 6. The van der Waals surface area contributed by atoms with Crippen LogP contribution in [0.5, 0.6) is 0 Å². The highest BCUT2D eigenvalue weighted by atomic mass is 16.4. The number of unbranched alkanes of at least 4 members (excludes halogenated alkanes) is 1. The van der Waals surface area contributed by atoms with E-state index in [2.05, 4.69) is 16.0 Å². The first-order chi connectivity index (χ1) is 14.6. The van der Waals surface area contributed by atoms with Gasteiger partial charge in [0, 0.05) is 6.42 Å². The van der Waals surface area contributed by atoms with Crippen molar-refractivity contribution in [3.8, 4) is 0 Å². The second-order valence-electron chi connectivity index (χ2n) is 7.45. The van der Waals surface area contributed by atoms with Crippen LogP contribution < -0.4 is 27.4 Å². The van der Waals surface area contributed by atoms with Crippen LogP contribution in [0.25, 0.3) is 0 Å².